The summed E-state index contributed by atoms with van der Waals surface area (Å²) in [5.41, 5.74) is 5.53. The topological polar surface area (TPSA) is 58.4 Å². The van der Waals surface area contributed by atoms with Gasteiger partial charge in [-0.15, -0.1) is 0 Å². The molecule has 3 N–H and O–H groups in total. The van der Waals surface area contributed by atoms with Crippen molar-refractivity contribution in [2.45, 2.75) is 38.1 Å². The number of rotatable bonds is 5. The number of nitrogens with two attached hydrogens (primary N) is 1. The van der Waals surface area contributed by atoms with Crippen molar-refractivity contribution in [3.63, 3.8) is 0 Å². The van der Waals surface area contributed by atoms with Crippen LogP contribution in [0.2, 0.25) is 0 Å². The van der Waals surface area contributed by atoms with Crippen LogP contribution in [0.3, 0.4) is 0 Å². The van der Waals surface area contributed by atoms with Crippen LogP contribution in [0.4, 0.5) is 0 Å². The van der Waals surface area contributed by atoms with Crippen LogP contribution in [-0.2, 0) is 4.79 Å². The van der Waals surface area contributed by atoms with Crippen LogP contribution in [-0.4, -0.2) is 43.0 Å². The highest BCUT2D eigenvalue weighted by Crippen LogP contribution is 2.32. The van der Waals surface area contributed by atoms with Gasteiger partial charge in [0.25, 0.3) is 0 Å². The normalized spacial score (nSPS) is 23.3. The Morgan fingerprint density at radius 1 is 1.25 bits per heavy atom. The summed E-state index contributed by atoms with van der Waals surface area (Å²) in [4.78, 5) is 14.0. The molecule has 2 aliphatic rings. The molecule has 0 spiro atoms. The Morgan fingerprint density at radius 2 is 1.94 bits per heavy atom. The van der Waals surface area contributed by atoms with Gasteiger partial charge < -0.3 is 16.0 Å². The fourth-order valence-electron chi connectivity index (χ4n) is 2.35. The van der Waals surface area contributed by atoms with E-state index < -0.39 is 0 Å². The largest absolute Gasteiger partial charge is 0.353 e. The summed E-state index contributed by atoms with van der Waals surface area (Å²) in [6.45, 7) is 3.87. The van der Waals surface area contributed by atoms with Crippen LogP contribution in [0.5, 0.6) is 0 Å². The standard InChI is InChI=1S/C12H23N3O/c13-5-8-15-6-3-11(4-7-15)14-12(16)9-10-1-2-10/h10-11H,1-9,13H2,(H,14,16). The molecule has 1 saturated heterocycles. The maximum atomic E-state index is 11.6. The highest BCUT2D eigenvalue weighted by Gasteiger charge is 2.26. The molecule has 1 amide bonds. The molecule has 0 bridgehead atoms. The smallest absolute Gasteiger partial charge is 0.220 e. The fraction of sp³-hybridized carbons (Fsp3) is 0.917. The molecular weight excluding hydrogens is 202 g/mol. The lowest BCUT2D eigenvalue weighted by Crippen LogP contribution is -2.45. The number of carbonyl (C=O) groups is 1. The molecule has 1 saturated carbocycles. The SMILES string of the molecule is NCCN1CCC(NC(=O)CC2CC2)CC1. The number of nitrogens with one attached hydrogen (secondary N) is 1. The second-order valence-electron chi connectivity index (χ2n) is 5.12. The molecular formula is C12H23N3O. The Bertz CT molecular complexity index is 232. The minimum Gasteiger partial charge on any atom is -0.353 e. The van der Waals surface area contributed by atoms with Crippen molar-refractivity contribution in [1.82, 2.24) is 10.2 Å². The Hall–Kier alpha value is -0.610. The van der Waals surface area contributed by atoms with Gasteiger partial charge in [-0.3, -0.25) is 4.79 Å². The van der Waals surface area contributed by atoms with Gasteiger partial charge in [0.15, 0.2) is 0 Å². The van der Waals surface area contributed by atoms with E-state index in [1.54, 1.807) is 0 Å². The van der Waals surface area contributed by atoms with Crippen LogP contribution in [0.25, 0.3) is 0 Å². The van der Waals surface area contributed by atoms with E-state index in [9.17, 15) is 4.79 Å². The van der Waals surface area contributed by atoms with Crippen LogP contribution < -0.4 is 11.1 Å². The number of carbonyl (C=O) groups excluding carboxylic acids is 1. The average Bonchev–Trinajstić information content (AvgIpc) is 3.05. The number of piperidine rings is 1. The number of hydrogen-bond acceptors (Lipinski definition) is 3. The molecule has 0 aromatic heterocycles. The van der Waals surface area contributed by atoms with Gasteiger partial charge in [0.1, 0.15) is 0 Å². The van der Waals surface area contributed by atoms with Crippen molar-refractivity contribution < 1.29 is 4.79 Å². The minimum absolute atomic E-state index is 0.264. The molecule has 0 radical (unpaired) electrons. The summed E-state index contributed by atoms with van der Waals surface area (Å²) >= 11 is 0. The van der Waals surface area contributed by atoms with Crippen molar-refractivity contribution in [3.8, 4) is 0 Å². The molecule has 1 heterocycles. The molecule has 0 aromatic carbocycles. The van der Waals surface area contributed by atoms with Gasteiger partial charge in [-0.2, -0.15) is 0 Å². The molecule has 2 rings (SSSR count). The predicted molar refractivity (Wildman–Crippen MR) is 64.0 cm³/mol. The van der Waals surface area contributed by atoms with E-state index in [1.165, 1.54) is 12.8 Å². The average molecular weight is 225 g/mol. The lowest BCUT2D eigenvalue weighted by atomic mass is 10.0. The van der Waals surface area contributed by atoms with Crippen molar-refractivity contribution in [2.75, 3.05) is 26.2 Å². The zero-order chi connectivity index (χ0) is 11.4. The van der Waals surface area contributed by atoms with Gasteiger partial charge in [-0.05, 0) is 31.6 Å². The maximum Gasteiger partial charge on any atom is 0.220 e. The number of amides is 1. The van der Waals surface area contributed by atoms with E-state index in [0.717, 1.165) is 45.4 Å². The van der Waals surface area contributed by atoms with Gasteiger partial charge >= 0.3 is 0 Å². The summed E-state index contributed by atoms with van der Waals surface area (Å²) in [5, 5.41) is 3.16. The van der Waals surface area contributed by atoms with Crippen molar-refractivity contribution in [3.05, 3.63) is 0 Å². The summed E-state index contributed by atoms with van der Waals surface area (Å²) in [6.07, 6.45) is 5.42. The van der Waals surface area contributed by atoms with Gasteiger partial charge in [0.2, 0.25) is 5.91 Å². The molecule has 0 unspecified atom stereocenters. The molecule has 92 valence electrons. The first-order valence-corrected chi connectivity index (χ1v) is 6.49. The predicted octanol–water partition coefficient (Wildman–Crippen LogP) is 0.326. The van der Waals surface area contributed by atoms with Gasteiger partial charge in [0, 0.05) is 38.6 Å². The lowest BCUT2D eigenvalue weighted by molar-refractivity contribution is -0.122. The quantitative estimate of drug-likeness (QED) is 0.709. The minimum atomic E-state index is 0.264. The monoisotopic (exact) mass is 225 g/mol. The van der Waals surface area contributed by atoms with Gasteiger partial charge in [-0.1, -0.05) is 0 Å². The maximum absolute atomic E-state index is 11.6. The molecule has 1 aliphatic heterocycles. The van der Waals surface area contributed by atoms with E-state index in [1.807, 2.05) is 0 Å². The van der Waals surface area contributed by atoms with E-state index >= 15 is 0 Å². The summed E-state index contributed by atoms with van der Waals surface area (Å²) < 4.78 is 0. The zero-order valence-corrected chi connectivity index (χ0v) is 9.95. The summed E-state index contributed by atoms with van der Waals surface area (Å²) in [6, 6.07) is 0.403. The molecule has 16 heavy (non-hydrogen) atoms. The molecule has 0 atom stereocenters. The summed E-state index contributed by atoms with van der Waals surface area (Å²) in [5.74, 6) is 0.956. The Labute approximate surface area is 97.6 Å². The molecule has 4 heteroatoms. The number of likely N-dealkylation sites (tertiary alicyclic amines) is 1. The highest BCUT2D eigenvalue weighted by atomic mass is 16.1. The van der Waals surface area contributed by atoms with Crippen LogP contribution in [0, 0.1) is 5.92 Å². The number of nitrogens with zero attached hydrogens (tertiary/aromatic N) is 1. The van der Waals surface area contributed by atoms with E-state index in [2.05, 4.69) is 10.2 Å². The molecule has 0 aromatic rings. The molecule has 1 aliphatic carbocycles. The van der Waals surface area contributed by atoms with Gasteiger partial charge in [0.05, 0.1) is 0 Å². The first-order valence-electron chi connectivity index (χ1n) is 6.49. The third-order valence-electron chi connectivity index (χ3n) is 3.57. The van der Waals surface area contributed by atoms with Crippen LogP contribution >= 0.6 is 0 Å². The highest BCUT2D eigenvalue weighted by molar-refractivity contribution is 5.76. The second-order valence-corrected chi connectivity index (χ2v) is 5.12. The summed E-state index contributed by atoms with van der Waals surface area (Å²) in [7, 11) is 0. The van der Waals surface area contributed by atoms with E-state index in [4.69, 9.17) is 5.73 Å². The number of hydrogen-bond donors (Lipinski definition) is 2. The molecule has 2 fully saturated rings. The second kappa shape index (κ2) is 5.64. The zero-order valence-electron chi connectivity index (χ0n) is 9.95. The van der Waals surface area contributed by atoms with Gasteiger partial charge in [-0.25, -0.2) is 0 Å². The fourth-order valence-corrected chi connectivity index (χ4v) is 2.35. The van der Waals surface area contributed by atoms with Crippen molar-refractivity contribution in [1.29, 1.82) is 0 Å². The Morgan fingerprint density at radius 3 is 2.50 bits per heavy atom. The van der Waals surface area contributed by atoms with Crippen LogP contribution in [0.15, 0.2) is 0 Å². The first-order chi connectivity index (χ1) is 7.78. The Balaban J connectivity index is 1.62. The third-order valence-corrected chi connectivity index (χ3v) is 3.57. The van der Waals surface area contributed by atoms with Crippen LogP contribution in [0.1, 0.15) is 32.1 Å². The Kier molecular flexibility index (Phi) is 4.18. The first kappa shape index (κ1) is 11.9. The molecule has 4 nitrogen and oxygen atoms in total. The lowest BCUT2D eigenvalue weighted by Gasteiger charge is -2.32. The van der Waals surface area contributed by atoms with Crippen molar-refractivity contribution >= 4 is 5.91 Å². The van der Waals surface area contributed by atoms with E-state index in [0.29, 0.717) is 12.0 Å². The van der Waals surface area contributed by atoms with Crippen molar-refractivity contribution in [2.24, 2.45) is 11.7 Å². The third kappa shape index (κ3) is 3.76. The van der Waals surface area contributed by atoms with E-state index in [-0.39, 0.29) is 5.91 Å².